The van der Waals surface area contributed by atoms with Gasteiger partial charge >= 0.3 is 0 Å². The Morgan fingerprint density at radius 2 is 1.96 bits per heavy atom. The predicted octanol–water partition coefficient (Wildman–Crippen LogP) is 3.29. The summed E-state index contributed by atoms with van der Waals surface area (Å²) in [5.74, 6) is -0.0138. The van der Waals surface area contributed by atoms with E-state index in [1.54, 1.807) is 16.8 Å². The summed E-state index contributed by atoms with van der Waals surface area (Å²) in [6.45, 7) is 4.19. The van der Waals surface area contributed by atoms with Crippen molar-refractivity contribution in [2.75, 3.05) is 19.6 Å². The van der Waals surface area contributed by atoms with Gasteiger partial charge in [-0.1, -0.05) is 13.0 Å². The van der Waals surface area contributed by atoms with Crippen molar-refractivity contribution in [1.82, 2.24) is 25.4 Å². The second-order valence-electron chi connectivity index (χ2n) is 5.63. The Labute approximate surface area is 167 Å². The van der Waals surface area contributed by atoms with E-state index in [0.717, 1.165) is 17.8 Å². The van der Waals surface area contributed by atoms with Gasteiger partial charge in [-0.3, -0.25) is 4.79 Å². The van der Waals surface area contributed by atoms with Crippen LogP contribution in [0.25, 0.3) is 16.4 Å². The van der Waals surface area contributed by atoms with Crippen molar-refractivity contribution in [3.8, 4) is 16.4 Å². The van der Waals surface area contributed by atoms with Crippen LogP contribution in [0.4, 0.5) is 4.39 Å². The fraction of sp³-hybridized carbons (Fsp3) is 0.278. The lowest BCUT2D eigenvalue weighted by Crippen LogP contribution is -2.32. The molecule has 2 aromatic heterocycles. The van der Waals surface area contributed by atoms with E-state index in [-0.39, 0.29) is 30.0 Å². The Morgan fingerprint density at radius 1 is 1.19 bits per heavy atom. The van der Waals surface area contributed by atoms with Crippen LogP contribution >= 0.6 is 23.7 Å². The Bertz CT molecular complexity index is 851. The lowest BCUT2D eigenvalue weighted by atomic mass is 10.3. The number of hydrogen-bond acceptors (Lipinski definition) is 5. The molecule has 1 aromatic carbocycles. The molecule has 6 nitrogen and oxygen atoms in total. The normalized spacial score (nSPS) is 10.4. The summed E-state index contributed by atoms with van der Waals surface area (Å²) < 4.78 is 14.8. The van der Waals surface area contributed by atoms with Crippen LogP contribution < -0.4 is 10.6 Å². The molecule has 3 aromatic rings. The third-order valence-electron chi connectivity index (χ3n) is 3.64. The van der Waals surface area contributed by atoms with Crippen molar-refractivity contribution in [1.29, 1.82) is 0 Å². The van der Waals surface area contributed by atoms with Crippen molar-refractivity contribution >= 4 is 29.7 Å². The highest BCUT2D eigenvalue weighted by atomic mass is 35.5. The Morgan fingerprint density at radius 3 is 2.63 bits per heavy atom. The van der Waals surface area contributed by atoms with Crippen molar-refractivity contribution in [2.24, 2.45) is 0 Å². The number of hydrogen-bond donors (Lipinski definition) is 2. The van der Waals surface area contributed by atoms with Gasteiger partial charge in [0, 0.05) is 13.1 Å². The number of benzene rings is 1. The second kappa shape index (κ2) is 10.1. The molecule has 0 aliphatic heterocycles. The molecule has 0 radical (unpaired) electrons. The third-order valence-corrected chi connectivity index (χ3v) is 4.50. The van der Waals surface area contributed by atoms with Crippen LogP contribution in [0.3, 0.4) is 0 Å². The maximum Gasteiger partial charge on any atom is 0.291 e. The van der Waals surface area contributed by atoms with Gasteiger partial charge in [0.1, 0.15) is 5.82 Å². The molecule has 0 atom stereocenters. The molecule has 144 valence electrons. The summed E-state index contributed by atoms with van der Waals surface area (Å²) in [7, 11) is 0. The van der Waals surface area contributed by atoms with Gasteiger partial charge in [-0.05, 0) is 48.7 Å². The summed E-state index contributed by atoms with van der Waals surface area (Å²) >= 11 is 1.50. The van der Waals surface area contributed by atoms with Gasteiger partial charge in [-0.25, -0.2) is 14.1 Å². The van der Waals surface area contributed by atoms with Crippen molar-refractivity contribution in [3.63, 3.8) is 0 Å². The first kappa shape index (κ1) is 21.0. The van der Waals surface area contributed by atoms with Gasteiger partial charge in [0.05, 0.1) is 10.6 Å². The number of carbonyl (C=O) groups excluding carboxylic acids is 1. The molecule has 1 amide bonds. The van der Waals surface area contributed by atoms with E-state index in [4.69, 9.17) is 0 Å². The van der Waals surface area contributed by atoms with Crippen LogP contribution in [0.1, 0.15) is 24.0 Å². The van der Waals surface area contributed by atoms with E-state index in [1.165, 1.54) is 23.5 Å². The number of thiophene rings is 1. The zero-order valence-corrected chi connectivity index (χ0v) is 16.4. The third kappa shape index (κ3) is 5.35. The highest BCUT2D eigenvalue weighted by molar-refractivity contribution is 7.13. The lowest BCUT2D eigenvalue weighted by Gasteiger charge is -2.04. The van der Waals surface area contributed by atoms with E-state index in [9.17, 15) is 9.18 Å². The number of aromatic nitrogens is 3. The van der Waals surface area contributed by atoms with Crippen LogP contribution in [-0.2, 0) is 0 Å². The number of nitrogens with one attached hydrogen (secondary N) is 2. The molecular weight excluding hydrogens is 389 g/mol. The average molecular weight is 410 g/mol. The van der Waals surface area contributed by atoms with Crippen LogP contribution in [0.5, 0.6) is 0 Å². The largest absolute Gasteiger partial charge is 0.348 e. The molecule has 0 saturated carbocycles. The smallest absolute Gasteiger partial charge is 0.291 e. The van der Waals surface area contributed by atoms with Crippen molar-refractivity contribution in [3.05, 3.63) is 53.4 Å². The molecule has 0 saturated heterocycles. The molecule has 9 heteroatoms. The molecule has 3 rings (SSSR count). The van der Waals surface area contributed by atoms with Crippen LogP contribution in [0.2, 0.25) is 0 Å². The fourth-order valence-corrected chi connectivity index (χ4v) is 3.08. The molecule has 0 spiro atoms. The molecule has 0 fully saturated rings. The monoisotopic (exact) mass is 409 g/mol. The van der Waals surface area contributed by atoms with E-state index in [2.05, 4.69) is 27.6 Å². The summed E-state index contributed by atoms with van der Waals surface area (Å²) in [6, 6.07) is 9.74. The molecular formula is C18H21ClFN5OS. The maximum absolute atomic E-state index is 13.2. The topological polar surface area (TPSA) is 71.8 Å². The van der Waals surface area contributed by atoms with Gasteiger partial charge in [-0.2, -0.15) is 0 Å². The van der Waals surface area contributed by atoms with E-state index < -0.39 is 0 Å². The van der Waals surface area contributed by atoms with Gasteiger partial charge in [0.2, 0.25) is 5.82 Å². The fourth-order valence-electron chi connectivity index (χ4n) is 2.38. The number of nitrogens with zero attached hydrogens (tertiary/aromatic N) is 3. The summed E-state index contributed by atoms with van der Waals surface area (Å²) in [6.07, 6.45) is 1.04. The van der Waals surface area contributed by atoms with E-state index >= 15 is 0 Å². The highest BCUT2D eigenvalue weighted by Gasteiger charge is 2.19. The van der Waals surface area contributed by atoms with Gasteiger partial charge in [-0.15, -0.1) is 28.8 Å². The van der Waals surface area contributed by atoms with Crippen molar-refractivity contribution < 1.29 is 9.18 Å². The average Bonchev–Trinajstić information content (AvgIpc) is 3.31. The quantitative estimate of drug-likeness (QED) is 0.560. The van der Waals surface area contributed by atoms with Gasteiger partial charge in [0.15, 0.2) is 5.82 Å². The summed E-state index contributed by atoms with van der Waals surface area (Å²) in [4.78, 5) is 17.6. The zero-order chi connectivity index (χ0) is 18.4. The molecule has 2 N–H and O–H groups in total. The van der Waals surface area contributed by atoms with Crippen LogP contribution in [0, 0.1) is 5.82 Å². The minimum atomic E-state index is -0.332. The summed E-state index contributed by atoms with van der Waals surface area (Å²) in [5.41, 5.74) is 0.644. The molecule has 0 aliphatic carbocycles. The van der Waals surface area contributed by atoms with Crippen LogP contribution in [-0.4, -0.2) is 40.3 Å². The number of halogens is 2. The molecule has 27 heavy (non-hydrogen) atoms. The first-order chi connectivity index (χ1) is 12.7. The van der Waals surface area contributed by atoms with Gasteiger partial charge < -0.3 is 10.6 Å². The SMILES string of the molecule is CCCNCCNC(=O)c1nc(-c2cccs2)n(-c2ccc(F)cc2)n1.Cl. The minimum absolute atomic E-state index is 0. The van der Waals surface area contributed by atoms with Crippen molar-refractivity contribution in [2.45, 2.75) is 13.3 Å². The molecule has 0 bridgehead atoms. The lowest BCUT2D eigenvalue weighted by molar-refractivity contribution is 0.0943. The Balaban J connectivity index is 0.00000261. The number of rotatable bonds is 8. The maximum atomic E-state index is 13.2. The first-order valence-electron chi connectivity index (χ1n) is 8.45. The Hall–Kier alpha value is -2.29. The summed E-state index contributed by atoms with van der Waals surface area (Å²) in [5, 5.41) is 12.3. The van der Waals surface area contributed by atoms with E-state index in [1.807, 2.05) is 17.5 Å². The standard InChI is InChI=1S/C18H20FN5OS.ClH/c1-2-9-20-10-11-21-18(25)16-22-17(15-4-3-12-26-15)24(23-16)14-7-5-13(19)6-8-14;/h3-8,12,20H,2,9-11H2,1H3,(H,21,25);1H. The zero-order valence-electron chi connectivity index (χ0n) is 14.8. The first-order valence-corrected chi connectivity index (χ1v) is 9.33. The Kier molecular flexibility index (Phi) is 7.90. The predicted molar refractivity (Wildman–Crippen MR) is 107 cm³/mol. The second-order valence-corrected chi connectivity index (χ2v) is 6.58. The van der Waals surface area contributed by atoms with E-state index in [0.29, 0.717) is 24.6 Å². The molecule has 0 aliphatic rings. The number of carbonyl (C=O) groups is 1. The van der Waals surface area contributed by atoms with Gasteiger partial charge in [0.25, 0.3) is 5.91 Å². The highest BCUT2D eigenvalue weighted by Crippen LogP contribution is 2.25. The molecule has 0 unspecified atom stereocenters. The number of amides is 1. The molecule has 2 heterocycles. The minimum Gasteiger partial charge on any atom is -0.348 e. The van der Waals surface area contributed by atoms with Crippen LogP contribution in [0.15, 0.2) is 41.8 Å².